The molecule has 0 radical (unpaired) electrons. The summed E-state index contributed by atoms with van der Waals surface area (Å²) in [6, 6.07) is 11.4. The first-order valence-electron chi connectivity index (χ1n) is 7.89. The molecule has 0 saturated carbocycles. The minimum Gasteiger partial charge on any atom is -0.300 e. The zero-order valence-electron chi connectivity index (χ0n) is 12.7. The molecule has 0 amide bonds. The number of benzene rings is 1. The SMILES string of the molecule is CCC(C#N)N1CCN(CC2CSc3ccccc32)CC1. The Morgan fingerprint density at radius 1 is 1.29 bits per heavy atom. The molecule has 0 aromatic heterocycles. The number of rotatable bonds is 4. The molecule has 4 heteroatoms. The maximum absolute atomic E-state index is 9.18. The van der Waals surface area contributed by atoms with Crippen molar-refractivity contribution in [3.8, 4) is 6.07 Å². The average molecular weight is 301 g/mol. The van der Waals surface area contributed by atoms with E-state index in [0.717, 1.165) is 32.6 Å². The molecule has 2 heterocycles. The third-order valence-corrected chi connectivity index (χ3v) is 5.91. The summed E-state index contributed by atoms with van der Waals surface area (Å²) in [7, 11) is 0. The third-order valence-electron chi connectivity index (χ3n) is 4.66. The van der Waals surface area contributed by atoms with Gasteiger partial charge in [0.2, 0.25) is 0 Å². The van der Waals surface area contributed by atoms with Crippen LogP contribution in [0, 0.1) is 11.3 Å². The highest BCUT2D eigenvalue weighted by Crippen LogP contribution is 2.39. The maximum atomic E-state index is 9.18. The van der Waals surface area contributed by atoms with E-state index in [-0.39, 0.29) is 6.04 Å². The topological polar surface area (TPSA) is 30.3 Å². The lowest BCUT2D eigenvalue weighted by atomic mass is 10.0. The van der Waals surface area contributed by atoms with Crippen LogP contribution in [0.3, 0.4) is 0 Å². The van der Waals surface area contributed by atoms with E-state index in [9.17, 15) is 5.26 Å². The van der Waals surface area contributed by atoms with Gasteiger partial charge in [0.05, 0.1) is 12.1 Å². The molecule has 2 unspecified atom stereocenters. The van der Waals surface area contributed by atoms with Crippen molar-refractivity contribution in [2.24, 2.45) is 0 Å². The number of nitrogens with zero attached hydrogens (tertiary/aromatic N) is 3. The summed E-state index contributed by atoms with van der Waals surface area (Å²) in [6.07, 6.45) is 0.934. The zero-order chi connectivity index (χ0) is 14.7. The lowest BCUT2D eigenvalue weighted by Crippen LogP contribution is -2.50. The molecule has 0 bridgehead atoms. The Balaban J connectivity index is 1.54. The Morgan fingerprint density at radius 2 is 2.05 bits per heavy atom. The molecule has 1 aromatic carbocycles. The van der Waals surface area contributed by atoms with E-state index in [1.54, 1.807) is 0 Å². The highest BCUT2D eigenvalue weighted by Gasteiger charge is 2.27. The highest BCUT2D eigenvalue weighted by molar-refractivity contribution is 7.99. The van der Waals surface area contributed by atoms with Gasteiger partial charge in [0.1, 0.15) is 0 Å². The molecule has 112 valence electrons. The fourth-order valence-corrected chi connectivity index (χ4v) is 4.62. The quantitative estimate of drug-likeness (QED) is 0.855. The molecule has 1 aromatic rings. The van der Waals surface area contributed by atoms with Crippen molar-refractivity contribution < 1.29 is 0 Å². The lowest BCUT2D eigenvalue weighted by molar-refractivity contribution is 0.109. The normalized spacial score (nSPS) is 24.5. The van der Waals surface area contributed by atoms with Gasteiger partial charge in [-0.1, -0.05) is 25.1 Å². The van der Waals surface area contributed by atoms with Gasteiger partial charge in [-0.15, -0.1) is 11.8 Å². The van der Waals surface area contributed by atoms with Gasteiger partial charge in [0, 0.05) is 49.3 Å². The van der Waals surface area contributed by atoms with Crippen molar-refractivity contribution in [3.05, 3.63) is 29.8 Å². The van der Waals surface area contributed by atoms with E-state index in [2.05, 4.69) is 47.1 Å². The number of nitriles is 1. The second kappa shape index (κ2) is 6.83. The molecule has 3 rings (SSSR count). The zero-order valence-corrected chi connectivity index (χ0v) is 13.5. The van der Waals surface area contributed by atoms with Crippen LogP contribution in [0.1, 0.15) is 24.8 Å². The highest BCUT2D eigenvalue weighted by atomic mass is 32.2. The van der Waals surface area contributed by atoms with Crippen LogP contribution in [0.2, 0.25) is 0 Å². The second-order valence-electron chi connectivity index (χ2n) is 5.94. The molecule has 2 aliphatic rings. The van der Waals surface area contributed by atoms with Gasteiger partial charge in [0.15, 0.2) is 0 Å². The summed E-state index contributed by atoms with van der Waals surface area (Å²) in [5.41, 5.74) is 1.54. The summed E-state index contributed by atoms with van der Waals surface area (Å²) in [5, 5.41) is 9.18. The molecule has 2 atom stereocenters. The molecular weight excluding hydrogens is 278 g/mol. The lowest BCUT2D eigenvalue weighted by Gasteiger charge is -2.37. The molecule has 0 N–H and O–H groups in total. The third kappa shape index (κ3) is 3.26. The fraction of sp³-hybridized carbons (Fsp3) is 0.588. The van der Waals surface area contributed by atoms with Crippen LogP contribution in [0.5, 0.6) is 0 Å². The molecule has 0 spiro atoms. The van der Waals surface area contributed by atoms with Gasteiger partial charge in [-0.05, 0) is 18.1 Å². The number of thioether (sulfide) groups is 1. The Labute approximate surface area is 131 Å². The van der Waals surface area contributed by atoms with E-state index in [1.165, 1.54) is 22.8 Å². The van der Waals surface area contributed by atoms with Gasteiger partial charge >= 0.3 is 0 Å². The Kier molecular flexibility index (Phi) is 4.84. The Morgan fingerprint density at radius 3 is 2.76 bits per heavy atom. The van der Waals surface area contributed by atoms with Crippen LogP contribution in [0.4, 0.5) is 0 Å². The van der Waals surface area contributed by atoms with Gasteiger partial charge in [-0.2, -0.15) is 5.26 Å². The molecule has 1 saturated heterocycles. The van der Waals surface area contributed by atoms with E-state index in [1.807, 2.05) is 11.8 Å². The van der Waals surface area contributed by atoms with Crippen molar-refractivity contribution >= 4 is 11.8 Å². The molecule has 3 nitrogen and oxygen atoms in total. The van der Waals surface area contributed by atoms with E-state index in [0.29, 0.717) is 5.92 Å². The Bertz CT molecular complexity index is 517. The first-order chi connectivity index (χ1) is 10.3. The largest absolute Gasteiger partial charge is 0.300 e. The van der Waals surface area contributed by atoms with Gasteiger partial charge in [-0.25, -0.2) is 0 Å². The van der Waals surface area contributed by atoms with Crippen molar-refractivity contribution in [2.45, 2.75) is 30.2 Å². The summed E-state index contributed by atoms with van der Waals surface area (Å²) < 4.78 is 0. The van der Waals surface area contributed by atoms with Gasteiger partial charge < -0.3 is 4.90 Å². The minimum atomic E-state index is 0.106. The van der Waals surface area contributed by atoms with Crippen LogP contribution >= 0.6 is 11.8 Å². The van der Waals surface area contributed by atoms with Crippen molar-refractivity contribution in [3.63, 3.8) is 0 Å². The smallest absolute Gasteiger partial charge is 0.0976 e. The predicted molar refractivity (Wildman–Crippen MR) is 87.6 cm³/mol. The van der Waals surface area contributed by atoms with E-state index < -0.39 is 0 Å². The van der Waals surface area contributed by atoms with Crippen LogP contribution in [-0.2, 0) is 0 Å². The standard InChI is InChI=1S/C17H23N3S/c1-2-15(11-18)20-9-7-19(8-10-20)12-14-13-21-17-6-4-3-5-16(14)17/h3-6,14-15H,2,7-10,12-13H2,1H3. The van der Waals surface area contributed by atoms with Crippen molar-refractivity contribution in [1.29, 1.82) is 5.26 Å². The summed E-state index contributed by atoms with van der Waals surface area (Å²) in [6.45, 7) is 7.54. The maximum Gasteiger partial charge on any atom is 0.0976 e. The Hall–Kier alpha value is -1.02. The molecular formula is C17H23N3S. The molecule has 1 fully saturated rings. The first-order valence-corrected chi connectivity index (χ1v) is 8.88. The molecule has 0 aliphatic carbocycles. The molecule has 21 heavy (non-hydrogen) atoms. The van der Waals surface area contributed by atoms with Gasteiger partial charge in [-0.3, -0.25) is 4.90 Å². The van der Waals surface area contributed by atoms with E-state index in [4.69, 9.17) is 0 Å². The summed E-state index contributed by atoms with van der Waals surface area (Å²) in [4.78, 5) is 6.39. The van der Waals surface area contributed by atoms with Crippen LogP contribution < -0.4 is 0 Å². The van der Waals surface area contributed by atoms with Crippen LogP contribution in [-0.4, -0.2) is 54.3 Å². The minimum absolute atomic E-state index is 0.106. The van der Waals surface area contributed by atoms with Crippen LogP contribution in [0.15, 0.2) is 29.2 Å². The fourth-order valence-electron chi connectivity index (χ4n) is 3.38. The van der Waals surface area contributed by atoms with Crippen LogP contribution in [0.25, 0.3) is 0 Å². The number of piperazine rings is 1. The monoisotopic (exact) mass is 301 g/mol. The van der Waals surface area contributed by atoms with Crippen molar-refractivity contribution in [1.82, 2.24) is 9.80 Å². The average Bonchev–Trinajstić information content (AvgIpc) is 2.93. The summed E-state index contributed by atoms with van der Waals surface area (Å²) >= 11 is 2.00. The van der Waals surface area contributed by atoms with Crippen molar-refractivity contribution in [2.75, 3.05) is 38.5 Å². The number of hydrogen-bond donors (Lipinski definition) is 0. The first kappa shape index (κ1) is 14.9. The second-order valence-corrected chi connectivity index (χ2v) is 7.00. The summed E-state index contributed by atoms with van der Waals surface area (Å²) in [5.74, 6) is 1.89. The van der Waals surface area contributed by atoms with Gasteiger partial charge in [0.25, 0.3) is 0 Å². The number of fused-ring (bicyclic) bond motifs is 1. The predicted octanol–water partition coefficient (Wildman–Crippen LogP) is 2.80. The number of hydrogen-bond acceptors (Lipinski definition) is 4. The van der Waals surface area contributed by atoms with E-state index >= 15 is 0 Å². The molecule has 2 aliphatic heterocycles.